The fourth-order valence-corrected chi connectivity index (χ4v) is 4.89. The standard InChI is InChI=1S/C24H27NO4S/c1-16(2)30-22-6-4-3-5-19(22)24(27)25-11-9-17(10-12-25)23(26)18-7-8-20-21(15-18)29-14-13-28-20/h3-8,15-17H,9-14H2,1-2H3. The summed E-state index contributed by atoms with van der Waals surface area (Å²) < 4.78 is 11.1. The number of ether oxygens (including phenoxy) is 2. The molecule has 0 radical (unpaired) electrons. The van der Waals surface area contributed by atoms with Gasteiger partial charge < -0.3 is 14.4 Å². The summed E-state index contributed by atoms with van der Waals surface area (Å²) in [5, 5.41) is 0.410. The second-order valence-electron chi connectivity index (χ2n) is 7.95. The van der Waals surface area contributed by atoms with Crippen LogP contribution >= 0.6 is 11.8 Å². The maximum absolute atomic E-state index is 13.1. The Labute approximate surface area is 181 Å². The molecule has 1 fully saturated rings. The van der Waals surface area contributed by atoms with E-state index in [0.29, 0.717) is 61.5 Å². The van der Waals surface area contributed by atoms with Gasteiger partial charge in [0.25, 0.3) is 5.91 Å². The molecule has 0 saturated carbocycles. The van der Waals surface area contributed by atoms with Gasteiger partial charge in [-0.05, 0) is 43.2 Å². The molecular weight excluding hydrogens is 398 g/mol. The van der Waals surface area contributed by atoms with Gasteiger partial charge in [0.2, 0.25) is 0 Å². The van der Waals surface area contributed by atoms with E-state index in [0.717, 1.165) is 10.5 Å². The Morgan fingerprint density at radius 1 is 1.00 bits per heavy atom. The van der Waals surface area contributed by atoms with Crippen molar-refractivity contribution in [3.63, 3.8) is 0 Å². The Bertz CT molecular complexity index is 935. The Balaban J connectivity index is 1.40. The molecule has 2 aliphatic heterocycles. The third-order valence-corrected chi connectivity index (χ3v) is 6.54. The Kier molecular flexibility index (Phi) is 6.32. The highest BCUT2D eigenvalue weighted by Gasteiger charge is 2.30. The predicted octanol–water partition coefficient (Wildman–Crippen LogP) is 4.69. The second kappa shape index (κ2) is 9.13. The molecule has 2 aromatic rings. The number of carbonyl (C=O) groups is 2. The van der Waals surface area contributed by atoms with Gasteiger partial charge in [-0.2, -0.15) is 0 Å². The highest BCUT2D eigenvalue weighted by molar-refractivity contribution is 8.00. The van der Waals surface area contributed by atoms with E-state index in [1.807, 2.05) is 41.3 Å². The van der Waals surface area contributed by atoms with Gasteiger partial charge in [0.05, 0.1) is 5.56 Å². The number of hydrogen-bond donors (Lipinski definition) is 0. The van der Waals surface area contributed by atoms with Crippen LogP contribution in [0.4, 0.5) is 0 Å². The molecule has 2 aliphatic rings. The molecule has 158 valence electrons. The molecule has 2 aromatic carbocycles. The van der Waals surface area contributed by atoms with Crippen LogP contribution in [-0.4, -0.2) is 48.1 Å². The summed E-state index contributed by atoms with van der Waals surface area (Å²) in [5.74, 6) is 1.44. The second-order valence-corrected chi connectivity index (χ2v) is 9.57. The summed E-state index contributed by atoms with van der Waals surface area (Å²) in [7, 11) is 0. The minimum atomic E-state index is -0.0723. The van der Waals surface area contributed by atoms with E-state index >= 15 is 0 Å². The first-order valence-corrected chi connectivity index (χ1v) is 11.4. The van der Waals surface area contributed by atoms with E-state index in [4.69, 9.17) is 9.47 Å². The van der Waals surface area contributed by atoms with Gasteiger partial charge >= 0.3 is 0 Å². The first-order chi connectivity index (χ1) is 14.5. The number of piperidine rings is 1. The van der Waals surface area contributed by atoms with E-state index in [-0.39, 0.29) is 17.6 Å². The molecule has 30 heavy (non-hydrogen) atoms. The van der Waals surface area contributed by atoms with Gasteiger partial charge in [0.1, 0.15) is 13.2 Å². The topological polar surface area (TPSA) is 55.8 Å². The lowest BCUT2D eigenvalue weighted by atomic mass is 9.88. The maximum Gasteiger partial charge on any atom is 0.254 e. The number of rotatable bonds is 5. The fourth-order valence-electron chi connectivity index (χ4n) is 3.95. The largest absolute Gasteiger partial charge is 0.486 e. The van der Waals surface area contributed by atoms with E-state index < -0.39 is 0 Å². The smallest absolute Gasteiger partial charge is 0.254 e. The molecule has 1 amide bonds. The Hall–Kier alpha value is -2.47. The summed E-state index contributed by atoms with van der Waals surface area (Å²) >= 11 is 1.71. The molecule has 0 bridgehead atoms. The number of hydrogen-bond acceptors (Lipinski definition) is 5. The van der Waals surface area contributed by atoms with Crippen molar-refractivity contribution < 1.29 is 19.1 Å². The minimum absolute atomic E-state index is 0.0592. The number of benzene rings is 2. The third kappa shape index (κ3) is 4.48. The maximum atomic E-state index is 13.1. The van der Waals surface area contributed by atoms with E-state index in [1.54, 1.807) is 17.8 Å². The number of Topliss-reactive ketones (excluding diaryl/α,β-unsaturated/α-hetero) is 1. The predicted molar refractivity (Wildman–Crippen MR) is 118 cm³/mol. The number of carbonyl (C=O) groups excluding carboxylic acids is 2. The van der Waals surface area contributed by atoms with Gasteiger partial charge in [-0.15, -0.1) is 11.8 Å². The van der Waals surface area contributed by atoms with Crippen molar-refractivity contribution >= 4 is 23.5 Å². The number of amides is 1. The molecule has 0 spiro atoms. The number of nitrogens with zero attached hydrogens (tertiary/aromatic N) is 1. The lowest BCUT2D eigenvalue weighted by Gasteiger charge is -2.32. The SMILES string of the molecule is CC(C)Sc1ccccc1C(=O)N1CCC(C(=O)c2ccc3c(c2)OCCO3)CC1. The van der Waals surface area contributed by atoms with Crippen LogP contribution in [0.1, 0.15) is 47.4 Å². The van der Waals surface area contributed by atoms with Crippen LogP contribution < -0.4 is 9.47 Å². The van der Waals surface area contributed by atoms with Crippen LogP contribution in [0.3, 0.4) is 0 Å². The normalized spacial score (nSPS) is 16.6. The Morgan fingerprint density at radius 3 is 2.43 bits per heavy atom. The van der Waals surface area contributed by atoms with Gasteiger partial charge in [-0.1, -0.05) is 26.0 Å². The minimum Gasteiger partial charge on any atom is -0.486 e. The first kappa shape index (κ1) is 20.8. The molecule has 1 saturated heterocycles. The van der Waals surface area contributed by atoms with E-state index in [2.05, 4.69) is 13.8 Å². The molecule has 2 heterocycles. The quantitative estimate of drug-likeness (QED) is 0.514. The highest BCUT2D eigenvalue weighted by Crippen LogP contribution is 2.33. The van der Waals surface area contributed by atoms with Crippen molar-refractivity contribution in [2.75, 3.05) is 26.3 Å². The van der Waals surface area contributed by atoms with Crippen molar-refractivity contribution in [2.45, 2.75) is 36.8 Å². The molecule has 0 atom stereocenters. The molecule has 6 heteroatoms. The molecule has 0 aliphatic carbocycles. The highest BCUT2D eigenvalue weighted by atomic mass is 32.2. The summed E-state index contributed by atoms with van der Waals surface area (Å²) in [6.45, 7) is 6.48. The van der Waals surface area contributed by atoms with E-state index in [1.165, 1.54) is 0 Å². The van der Waals surface area contributed by atoms with Gasteiger partial charge in [0.15, 0.2) is 17.3 Å². The zero-order valence-electron chi connectivity index (χ0n) is 17.4. The third-order valence-electron chi connectivity index (χ3n) is 5.46. The van der Waals surface area contributed by atoms with Crippen LogP contribution in [0.15, 0.2) is 47.4 Å². The first-order valence-electron chi connectivity index (χ1n) is 10.5. The molecule has 0 aromatic heterocycles. The molecule has 0 unspecified atom stereocenters. The monoisotopic (exact) mass is 425 g/mol. The van der Waals surface area contributed by atoms with Crippen LogP contribution in [0, 0.1) is 5.92 Å². The molecule has 5 nitrogen and oxygen atoms in total. The van der Waals surface area contributed by atoms with Crippen molar-refractivity contribution in [3.05, 3.63) is 53.6 Å². The lowest BCUT2D eigenvalue weighted by molar-refractivity contribution is 0.0647. The molecular formula is C24H27NO4S. The average molecular weight is 426 g/mol. The summed E-state index contributed by atoms with van der Waals surface area (Å²) in [6.07, 6.45) is 1.36. The van der Waals surface area contributed by atoms with Crippen molar-refractivity contribution in [1.82, 2.24) is 4.90 Å². The van der Waals surface area contributed by atoms with E-state index in [9.17, 15) is 9.59 Å². The summed E-state index contributed by atoms with van der Waals surface area (Å²) in [5.41, 5.74) is 1.41. The lowest BCUT2D eigenvalue weighted by Crippen LogP contribution is -2.40. The fraction of sp³-hybridized carbons (Fsp3) is 0.417. The number of ketones is 1. The van der Waals surface area contributed by atoms with Gasteiger partial charge in [-0.3, -0.25) is 9.59 Å². The molecule has 0 N–H and O–H groups in total. The van der Waals surface area contributed by atoms with Crippen molar-refractivity contribution in [1.29, 1.82) is 0 Å². The van der Waals surface area contributed by atoms with Crippen molar-refractivity contribution in [2.24, 2.45) is 5.92 Å². The Morgan fingerprint density at radius 2 is 1.70 bits per heavy atom. The van der Waals surface area contributed by atoms with Crippen LogP contribution in [0.5, 0.6) is 11.5 Å². The van der Waals surface area contributed by atoms with Gasteiger partial charge in [0, 0.05) is 34.7 Å². The number of likely N-dealkylation sites (tertiary alicyclic amines) is 1. The zero-order chi connectivity index (χ0) is 21.1. The summed E-state index contributed by atoms with van der Waals surface area (Å²) in [4.78, 5) is 29.0. The van der Waals surface area contributed by atoms with Crippen LogP contribution in [0.2, 0.25) is 0 Å². The van der Waals surface area contributed by atoms with Crippen LogP contribution in [-0.2, 0) is 0 Å². The summed E-state index contributed by atoms with van der Waals surface area (Å²) in [6, 6.07) is 13.2. The molecule has 4 rings (SSSR count). The number of fused-ring (bicyclic) bond motifs is 1. The van der Waals surface area contributed by atoms with Gasteiger partial charge in [-0.25, -0.2) is 0 Å². The van der Waals surface area contributed by atoms with Crippen molar-refractivity contribution in [3.8, 4) is 11.5 Å². The van der Waals surface area contributed by atoms with Crippen LogP contribution in [0.25, 0.3) is 0 Å². The number of thioether (sulfide) groups is 1. The average Bonchev–Trinajstić information content (AvgIpc) is 2.78. The zero-order valence-corrected chi connectivity index (χ0v) is 18.2.